The van der Waals surface area contributed by atoms with Crippen molar-refractivity contribution in [1.29, 1.82) is 0 Å². The Labute approximate surface area is 112 Å². The monoisotopic (exact) mass is 285 g/mol. The van der Waals surface area contributed by atoms with Crippen molar-refractivity contribution < 1.29 is 17.6 Å². The van der Waals surface area contributed by atoms with Crippen molar-refractivity contribution in [3.8, 4) is 5.69 Å². The molecule has 0 aliphatic heterocycles. The summed E-state index contributed by atoms with van der Waals surface area (Å²) in [5.41, 5.74) is 5.02. The largest absolute Gasteiger partial charge is 0.435 e. The Morgan fingerprint density at radius 2 is 1.90 bits per heavy atom. The predicted molar refractivity (Wildman–Crippen MR) is 64.9 cm³/mol. The number of rotatable bonds is 2. The predicted octanol–water partition coefficient (Wildman–Crippen LogP) is 3.49. The van der Waals surface area contributed by atoms with E-state index in [4.69, 9.17) is 5.73 Å². The second kappa shape index (κ2) is 4.22. The lowest BCUT2D eigenvalue weighted by atomic mass is 10.2. The molecule has 0 bridgehead atoms. The number of aromatic nitrogens is 2. The zero-order valence-corrected chi connectivity index (χ0v) is 10.3. The van der Waals surface area contributed by atoms with Crippen molar-refractivity contribution >= 4 is 5.69 Å². The Morgan fingerprint density at radius 1 is 1.20 bits per heavy atom. The summed E-state index contributed by atoms with van der Waals surface area (Å²) < 4.78 is 53.2. The molecule has 0 atom stereocenters. The van der Waals surface area contributed by atoms with Crippen LogP contribution in [-0.4, -0.2) is 9.78 Å². The third-order valence-corrected chi connectivity index (χ3v) is 3.22. The topological polar surface area (TPSA) is 43.8 Å². The van der Waals surface area contributed by atoms with Gasteiger partial charge in [0.05, 0.1) is 0 Å². The number of anilines is 1. The molecule has 1 aromatic carbocycles. The first-order chi connectivity index (χ1) is 9.36. The fourth-order valence-corrected chi connectivity index (χ4v) is 2.09. The van der Waals surface area contributed by atoms with Crippen molar-refractivity contribution in [3.63, 3.8) is 0 Å². The van der Waals surface area contributed by atoms with Crippen LogP contribution in [0.25, 0.3) is 5.69 Å². The van der Waals surface area contributed by atoms with Gasteiger partial charge in [0.25, 0.3) is 0 Å². The summed E-state index contributed by atoms with van der Waals surface area (Å²) in [6.45, 7) is 0. The minimum absolute atomic E-state index is 0.00977. The van der Waals surface area contributed by atoms with Crippen LogP contribution in [-0.2, 0) is 6.18 Å². The van der Waals surface area contributed by atoms with Crippen molar-refractivity contribution in [2.75, 3.05) is 5.73 Å². The van der Waals surface area contributed by atoms with Gasteiger partial charge in [0.1, 0.15) is 5.69 Å². The van der Waals surface area contributed by atoms with Gasteiger partial charge >= 0.3 is 6.18 Å². The Bertz CT molecular complexity index is 656. The molecule has 7 heteroatoms. The standard InChI is InChI=1S/C13H11F4N3/c14-9-5-8(18)3-4-10(9)20-11(7-1-2-7)6-12(19-20)13(15,16)17/h3-7H,1-2,18H2. The third kappa shape index (κ3) is 2.23. The van der Waals surface area contributed by atoms with Gasteiger partial charge in [-0.3, -0.25) is 0 Å². The van der Waals surface area contributed by atoms with Crippen molar-refractivity contribution in [2.24, 2.45) is 0 Å². The van der Waals surface area contributed by atoms with E-state index in [1.54, 1.807) is 0 Å². The molecule has 0 unspecified atom stereocenters. The van der Waals surface area contributed by atoms with Gasteiger partial charge in [-0.15, -0.1) is 0 Å². The van der Waals surface area contributed by atoms with Gasteiger partial charge in [0, 0.05) is 17.3 Å². The first-order valence-electron chi connectivity index (χ1n) is 6.09. The van der Waals surface area contributed by atoms with E-state index in [0.717, 1.165) is 29.7 Å². The lowest BCUT2D eigenvalue weighted by Crippen LogP contribution is -2.08. The van der Waals surface area contributed by atoms with E-state index < -0.39 is 17.7 Å². The van der Waals surface area contributed by atoms with Gasteiger partial charge in [-0.2, -0.15) is 18.3 Å². The van der Waals surface area contributed by atoms with E-state index in [1.807, 2.05) is 0 Å². The van der Waals surface area contributed by atoms with Gasteiger partial charge in [-0.25, -0.2) is 9.07 Å². The fourth-order valence-electron chi connectivity index (χ4n) is 2.09. The van der Waals surface area contributed by atoms with Crippen LogP contribution >= 0.6 is 0 Å². The zero-order valence-electron chi connectivity index (χ0n) is 10.3. The smallest absolute Gasteiger partial charge is 0.399 e. The number of nitrogens with zero attached hydrogens (tertiary/aromatic N) is 2. The molecule has 0 radical (unpaired) electrons. The lowest BCUT2D eigenvalue weighted by molar-refractivity contribution is -0.141. The van der Waals surface area contributed by atoms with Crippen molar-refractivity contribution in [1.82, 2.24) is 9.78 Å². The van der Waals surface area contributed by atoms with Crippen LogP contribution < -0.4 is 5.73 Å². The molecular formula is C13H11F4N3. The molecule has 3 rings (SSSR count). The normalized spacial score (nSPS) is 15.6. The molecule has 3 nitrogen and oxygen atoms in total. The molecule has 1 aromatic heterocycles. The summed E-state index contributed by atoms with van der Waals surface area (Å²) in [6, 6.07) is 4.84. The maximum Gasteiger partial charge on any atom is 0.435 e. The molecule has 106 valence electrons. The number of alkyl halides is 3. The highest BCUT2D eigenvalue weighted by molar-refractivity contribution is 5.47. The maximum atomic E-state index is 13.9. The summed E-state index contributed by atoms with van der Waals surface area (Å²) in [7, 11) is 0. The molecule has 1 aliphatic carbocycles. The van der Waals surface area contributed by atoms with E-state index in [0.29, 0.717) is 5.69 Å². The molecule has 2 aromatic rings. The second-order valence-corrected chi connectivity index (χ2v) is 4.85. The molecule has 0 amide bonds. The first kappa shape index (κ1) is 13.0. The molecule has 0 spiro atoms. The van der Waals surface area contributed by atoms with Gasteiger partial charge < -0.3 is 5.73 Å². The molecule has 0 saturated heterocycles. The average molecular weight is 285 g/mol. The van der Waals surface area contributed by atoms with Gasteiger partial charge in [-0.05, 0) is 37.1 Å². The summed E-state index contributed by atoms with van der Waals surface area (Å²) in [5, 5.41) is 3.51. The van der Waals surface area contributed by atoms with E-state index in [1.165, 1.54) is 12.1 Å². The summed E-state index contributed by atoms with van der Waals surface area (Å²) >= 11 is 0. The number of hydrogen-bond donors (Lipinski definition) is 1. The molecule has 2 N–H and O–H groups in total. The Morgan fingerprint density at radius 3 is 2.45 bits per heavy atom. The second-order valence-electron chi connectivity index (χ2n) is 4.85. The van der Waals surface area contributed by atoms with Crippen LogP contribution in [0.4, 0.5) is 23.2 Å². The SMILES string of the molecule is Nc1ccc(-n2nc(C(F)(F)F)cc2C2CC2)c(F)c1. The van der Waals surface area contributed by atoms with Crippen LogP contribution in [0.3, 0.4) is 0 Å². The number of benzene rings is 1. The fraction of sp³-hybridized carbons (Fsp3) is 0.308. The highest BCUT2D eigenvalue weighted by atomic mass is 19.4. The molecular weight excluding hydrogens is 274 g/mol. The van der Waals surface area contributed by atoms with Crippen LogP contribution in [0.15, 0.2) is 24.3 Å². The first-order valence-corrected chi connectivity index (χ1v) is 6.09. The van der Waals surface area contributed by atoms with E-state index in [-0.39, 0.29) is 17.3 Å². The Balaban J connectivity index is 2.14. The Hall–Kier alpha value is -2.05. The van der Waals surface area contributed by atoms with Gasteiger partial charge in [0.2, 0.25) is 0 Å². The molecule has 1 aliphatic rings. The third-order valence-electron chi connectivity index (χ3n) is 3.22. The zero-order chi connectivity index (χ0) is 14.5. The van der Waals surface area contributed by atoms with E-state index in [9.17, 15) is 17.6 Å². The van der Waals surface area contributed by atoms with Crippen LogP contribution in [0, 0.1) is 5.82 Å². The van der Waals surface area contributed by atoms with Crippen molar-refractivity contribution in [2.45, 2.75) is 24.9 Å². The van der Waals surface area contributed by atoms with Gasteiger partial charge in [-0.1, -0.05) is 0 Å². The van der Waals surface area contributed by atoms with E-state index >= 15 is 0 Å². The van der Waals surface area contributed by atoms with Crippen LogP contribution in [0.1, 0.15) is 30.1 Å². The summed E-state index contributed by atoms with van der Waals surface area (Å²) in [5.74, 6) is -0.681. The van der Waals surface area contributed by atoms with Gasteiger partial charge in [0.15, 0.2) is 11.5 Å². The number of nitrogen functional groups attached to an aromatic ring is 1. The number of hydrogen-bond acceptors (Lipinski definition) is 2. The molecule has 1 heterocycles. The molecule has 20 heavy (non-hydrogen) atoms. The van der Waals surface area contributed by atoms with E-state index in [2.05, 4.69) is 5.10 Å². The average Bonchev–Trinajstić information content (AvgIpc) is 3.08. The lowest BCUT2D eigenvalue weighted by Gasteiger charge is -2.08. The summed E-state index contributed by atoms with van der Waals surface area (Å²) in [6.07, 6.45) is -2.96. The number of halogens is 4. The van der Waals surface area contributed by atoms with Crippen LogP contribution in [0.2, 0.25) is 0 Å². The van der Waals surface area contributed by atoms with Crippen LogP contribution in [0.5, 0.6) is 0 Å². The van der Waals surface area contributed by atoms with Crippen molar-refractivity contribution in [3.05, 3.63) is 41.5 Å². The molecule has 1 fully saturated rings. The maximum absolute atomic E-state index is 13.9. The highest BCUT2D eigenvalue weighted by Gasteiger charge is 2.38. The minimum atomic E-state index is -4.54. The summed E-state index contributed by atoms with van der Waals surface area (Å²) in [4.78, 5) is 0. The number of nitrogens with two attached hydrogens (primary N) is 1. The minimum Gasteiger partial charge on any atom is -0.399 e. The highest BCUT2D eigenvalue weighted by Crippen LogP contribution is 2.43. The Kier molecular flexibility index (Phi) is 2.74. The quantitative estimate of drug-likeness (QED) is 0.678. The molecule has 1 saturated carbocycles.